The molecule has 0 N–H and O–H groups in total. The maximum absolute atomic E-state index is 12.9. The number of aryl methyl sites for hydroxylation is 1. The lowest BCUT2D eigenvalue weighted by molar-refractivity contribution is -0.108. The lowest BCUT2D eigenvalue weighted by Crippen LogP contribution is -2.32. The highest BCUT2D eigenvalue weighted by Gasteiger charge is 2.25. The molecular weight excluding hydrogens is 263 g/mol. The van der Waals surface area contributed by atoms with E-state index in [2.05, 4.69) is 15.9 Å². The van der Waals surface area contributed by atoms with Gasteiger partial charge in [-0.3, -0.25) is 0 Å². The van der Waals surface area contributed by atoms with Crippen LogP contribution in [0.3, 0.4) is 0 Å². The fourth-order valence-electron chi connectivity index (χ4n) is 1.69. The smallest absolute Gasteiger partial charge is 0.137 e. The number of ether oxygens (including phenoxy) is 1. The molecule has 80 valence electrons. The third-order valence-corrected chi connectivity index (χ3v) is 3.29. The summed E-state index contributed by atoms with van der Waals surface area (Å²) in [5, 5.41) is 0. The van der Waals surface area contributed by atoms with E-state index in [0.717, 1.165) is 24.7 Å². The van der Waals surface area contributed by atoms with Crippen LogP contribution < -0.4 is 4.74 Å². The summed E-state index contributed by atoms with van der Waals surface area (Å²) in [4.78, 5) is 10.3. The van der Waals surface area contributed by atoms with Gasteiger partial charge in [0.05, 0.1) is 0 Å². The Morgan fingerprint density at radius 3 is 3.13 bits per heavy atom. The van der Waals surface area contributed by atoms with Crippen molar-refractivity contribution in [3.63, 3.8) is 0 Å². The Hall–Kier alpha value is -0.900. The zero-order valence-electron chi connectivity index (χ0n) is 7.95. The maximum atomic E-state index is 12.9. The molecule has 1 aliphatic heterocycles. The van der Waals surface area contributed by atoms with Gasteiger partial charge in [0.25, 0.3) is 0 Å². The molecule has 1 heterocycles. The van der Waals surface area contributed by atoms with Crippen LogP contribution in [0.1, 0.15) is 12.0 Å². The van der Waals surface area contributed by atoms with E-state index in [4.69, 9.17) is 4.74 Å². The first-order chi connectivity index (χ1) is 7.20. The maximum Gasteiger partial charge on any atom is 0.137 e. The molecule has 4 heteroatoms. The van der Waals surface area contributed by atoms with E-state index in [-0.39, 0.29) is 16.7 Å². The summed E-state index contributed by atoms with van der Waals surface area (Å²) in [7, 11) is 0. The average molecular weight is 273 g/mol. The number of alkyl halides is 1. The molecule has 1 aromatic rings. The van der Waals surface area contributed by atoms with Gasteiger partial charge in [0.15, 0.2) is 0 Å². The second kappa shape index (κ2) is 4.31. The predicted octanol–water partition coefficient (Wildman–Crippen LogP) is 2.48. The zero-order valence-corrected chi connectivity index (χ0v) is 9.54. The van der Waals surface area contributed by atoms with Gasteiger partial charge in [-0.05, 0) is 36.6 Å². The number of aldehydes is 1. The molecule has 2 unspecified atom stereocenters. The topological polar surface area (TPSA) is 26.3 Å². The van der Waals surface area contributed by atoms with Crippen molar-refractivity contribution in [2.75, 3.05) is 0 Å². The molecule has 2 atom stereocenters. The number of fused-ring (bicyclic) bond motifs is 1. The SMILES string of the molecule is O=CC(Br)C1CCc2cc(F)ccc2O1. The van der Waals surface area contributed by atoms with Gasteiger partial charge in [-0.2, -0.15) is 0 Å². The van der Waals surface area contributed by atoms with Crippen LogP contribution >= 0.6 is 15.9 Å². The monoisotopic (exact) mass is 272 g/mol. The molecule has 2 rings (SSSR count). The molecule has 1 aromatic carbocycles. The van der Waals surface area contributed by atoms with Crippen molar-refractivity contribution < 1.29 is 13.9 Å². The Labute approximate surface area is 95.6 Å². The van der Waals surface area contributed by atoms with Gasteiger partial charge in [-0.15, -0.1) is 0 Å². The second-order valence-electron chi connectivity index (χ2n) is 3.53. The van der Waals surface area contributed by atoms with Gasteiger partial charge in [-0.1, -0.05) is 15.9 Å². The molecule has 0 radical (unpaired) electrons. The van der Waals surface area contributed by atoms with Crippen LogP contribution in [0.5, 0.6) is 5.75 Å². The van der Waals surface area contributed by atoms with Crippen molar-refractivity contribution in [2.45, 2.75) is 23.8 Å². The first-order valence-corrected chi connectivity index (χ1v) is 5.66. The largest absolute Gasteiger partial charge is 0.489 e. The van der Waals surface area contributed by atoms with Gasteiger partial charge in [-0.25, -0.2) is 4.39 Å². The van der Waals surface area contributed by atoms with Crippen LogP contribution in [0.15, 0.2) is 18.2 Å². The van der Waals surface area contributed by atoms with E-state index < -0.39 is 0 Å². The highest BCUT2D eigenvalue weighted by molar-refractivity contribution is 9.10. The van der Waals surface area contributed by atoms with Crippen molar-refractivity contribution in [3.05, 3.63) is 29.6 Å². The second-order valence-corrected chi connectivity index (χ2v) is 4.58. The summed E-state index contributed by atoms with van der Waals surface area (Å²) in [5.74, 6) is 0.431. The molecule has 0 saturated heterocycles. The van der Waals surface area contributed by atoms with Crippen LogP contribution in [0.4, 0.5) is 4.39 Å². The van der Waals surface area contributed by atoms with Gasteiger partial charge in [0.2, 0.25) is 0 Å². The minimum atomic E-state index is -0.296. The number of halogens is 2. The third-order valence-electron chi connectivity index (χ3n) is 2.48. The number of carbonyl (C=O) groups is 1. The fraction of sp³-hybridized carbons (Fsp3) is 0.364. The van der Waals surface area contributed by atoms with Gasteiger partial charge in [0, 0.05) is 0 Å². The van der Waals surface area contributed by atoms with Crippen molar-refractivity contribution in [1.82, 2.24) is 0 Å². The Bertz CT molecular complexity index is 381. The van der Waals surface area contributed by atoms with Crippen LogP contribution in [-0.2, 0) is 11.2 Å². The van der Waals surface area contributed by atoms with E-state index in [1.165, 1.54) is 12.1 Å². The number of rotatable bonds is 2. The standard InChI is InChI=1S/C11H10BrFO2/c12-9(6-14)11-3-1-7-5-8(13)2-4-10(7)15-11/h2,4-6,9,11H,1,3H2. The van der Waals surface area contributed by atoms with Crippen molar-refractivity contribution in [3.8, 4) is 5.75 Å². The molecule has 0 saturated carbocycles. The van der Waals surface area contributed by atoms with Crippen LogP contribution in [0, 0.1) is 5.82 Å². The van der Waals surface area contributed by atoms with Crippen molar-refractivity contribution in [1.29, 1.82) is 0 Å². The molecule has 0 spiro atoms. The van der Waals surface area contributed by atoms with E-state index in [0.29, 0.717) is 5.75 Å². The predicted molar refractivity (Wildman–Crippen MR) is 57.9 cm³/mol. The highest BCUT2D eigenvalue weighted by Crippen LogP contribution is 2.30. The quantitative estimate of drug-likeness (QED) is 0.611. The Kier molecular flexibility index (Phi) is 3.05. The summed E-state index contributed by atoms with van der Waals surface area (Å²) in [6.07, 6.45) is 2.14. The number of hydrogen-bond donors (Lipinski definition) is 0. The lowest BCUT2D eigenvalue weighted by atomic mass is 10.0. The lowest BCUT2D eigenvalue weighted by Gasteiger charge is -2.27. The Morgan fingerprint density at radius 2 is 2.40 bits per heavy atom. The number of benzene rings is 1. The summed E-state index contributed by atoms with van der Waals surface area (Å²) < 4.78 is 18.5. The van der Waals surface area contributed by atoms with Crippen molar-refractivity contribution in [2.24, 2.45) is 0 Å². The molecule has 0 fully saturated rings. The Morgan fingerprint density at radius 1 is 1.60 bits per heavy atom. The summed E-state index contributed by atoms with van der Waals surface area (Å²) in [6.45, 7) is 0. The van der Waals surface area contributed by atoms with Crippen LogP contribution in [-0.4, -0.2) is 17.2 Å². The fourth-order valence-corrected chi connectivity index (χ4v) is 2.06. The first-order valence-electron chi connectivity index (χ1n) is 4.75. The van der Waals surface area contributed by atoms with Gasteiger partial charge < -0.3 is 9.53 Å². The normalized spacial score (nSPS) is 21.3. The molecule has 1 aliphatic rings. The van der Waals surface area contributed by atoms with Crippen LogP contribution in [0.2, 0.25) is 0 Å². The van der Waals surface area contributed by atoms with E-state index in [1.807, 2.05) is 0 Å². The average Bonchev–Trinajstić information content (AvgIpc) is 2.27. The highest BCUT2D eigenvalue weighted by atomic mass is 79.9. The summed E-state index contributed by atoms with van der Waals surface area (Å²) >= 11 is 3.24. The van der Waals surface area contributed by atoms with E-state index >= 15 is 0 Å². The van der Waals surface area contributed by atoms with Gasteiger partial charge in [0.1, 0.15) is 28.8 Å². The zero-order chi connectivity index (χ0) is 10.8. The molecule has 0 aromatic heterocycles. The molecule has 0 amide bonds. The Balaban J connectivity index is 2.20. The van der Waals surface area contributed by atoms with E-state index in [9.17, 15) is 9.18 Å². The first kappa shape index (κ1) is 10.6. The molecule has 0 bridgehead atoms. The molecular formula is C11H10BrFO2. The minimum absolute atomic E-state index is 0.152. The molecule has 15 heavy (non-hydrogen) atoms. The number of carbonyl (C=O) groups excluding carboxylic acids is 1. The van der Waals surface area contributed by atoms with Crippen LogP contribution in [0.25, 0.3) is 0 Å². The third kappa shape index (κ3) is 2.20. The van der Waals surface area contributed by atoms with Crippen molar-refractivity contribution >= 4 is 22.2 Å². The summed E-state index contributed by atoms with van der Waals surface area (Å²) in [5.41, 5.74) is 0.872. The van der Waals surface area contributed by atoms with E-state index in [1.54, 1.807) is 6.07 Å². The van der Waals surface area contributed by atoms with Gasteiger partial charge >= 0.3 is 0 Å². The molecule has 0 aliphatic carbocycles. The minimum Gasteiger partial charge on any atom is -0.489 e. The molecule has 2 nitrogen and oxygen atoms in total. The number of hydrogen-bond acceptors (Lipinski definition) is 2. The summed E-state index contributed by atoms with van der Waals surface area (Å²) in [6, 6.07) is 4.46.